The zero-order valence-corrected chi connectivity index (χ0v) is 12.9. The minimum absolute atomic E-state index is 0.0122. The molecule has 0 aliphatic rings. The van der Waals surface area contributed by atoms with E-state index < -0.39 is 11.7 Å². The topological polar surface area (TPSA) is 71.3 Å². The predicted octanol–water partition coefficient (Wildman–Crippen LogP) is 3.32. The van der Waals surface area contributed by atoms with Crippen molar-refractivity contribution in [1.29, 1.82) is 5.26 Å². The summed E-state index contributed by atoms with van der Waals surface area (Å²) in [4.78, 5) is 11.5. The standard InChI is InChI=1S/C16H19FN2O3/c1-16(2,3)22-15(20)19-10-13(8-17)11-21-14-6-4-12(9-18)5-7-14/h4-8H,10-11H2,1-3H3,(H,19,20)/b13-8+. The van der Waals surface area contributed by atoms with Crippen LogP contribution >= 0.6 is 0 Å². The second-order valence-corrected chi connectivity index (χ2v) is 5.55. The van der Waals surface area contributed by atoms with Gasteiger partial charge in [-0.2, -0.15) is 5.26 Å². The number of amides is 1. The summed E-state index contributed by atoms with van der Waals surface area (Å²) in [7, 11) is 0. The first kappa shape index (κ1) is 17.5. The van der Waals surface area contributed by atoms with Crippen molar-refractivity contribution in [2.75, 3.05) is 13.2 Å². The molecule has 1 aromatic carbocycles. The van der Waals surface area contributed by atoms with Crippen LogP contribution in [0.5, 0.6) is 5.75 Å². The number of nitrogens with one attached hydrogen (secondary N) is 1. The van der Waals surface area contributed by atoms with Gasteiger partial charge in [0.05, 0.1) is 18.0 Å². The number of carbonyl (C=O) groups excluding carboxylic acids is 1. The van der Waals surface area contributed by atoms with Gasteiger partial charge in [0.15, 0.2) is 0 Å². The van der Waals surface area contributed by atoms with E-state index in [9.17, 15) is 9.18 Å². The van der Waals surface area contributed by atoms with Crippen molar-refractivity contribution in [2.45, 2.75) is 26.4 Å². The fourth-order valence-corrected chi connectivity index (χ4v) is 1.42. The molecule has 0 saturated carbocycles. The molecule has 0 saturated heterocycles. The number of ether oxygens (including phenoxy) is 2. The molecule has 1 N–H and O–H groups in total. The number of alkyl carbamates (subject to hydrolysis) is 1. The van der Waals surface area contributed by atoms with Gasteiger partial charge in [0.25, 0.3) is 0 Å². The highest BCUT2D eigenvalue weighted by Gasteiger charge is 2.16. The molecule has 0 radical (unpaired) electrons. The molecule has 1 rings (SSSR count). The van der Waals surface area contributed by atoms with E-state index in [-0.39, 0.29) is 18.7 Å². The monoisotopic (exact) mass is 306 g/mol. The van der Waals surface area contributed by atoms with E-state index in [0.717, 1.165) is 0 Å². The Morgan fingerprint density at radius 2 is 2.00 bits per heavy atom. The number of halogens is 1. The summed E-state index contributed by atoms with van der Waals surface area (Å²) in [5, 5.41) is 11.1. The van der Waals surface area contributed by atoms with Crippen molar-refractivity contribution in [3.63, 3.8) is 0 Å². The Kier molecular flexibility index (Phi) is 6.39. The lowest BCUT2D eigenvalue weighted by atomic mass is 10.2. The normalized spacial score (nSPS) is 11.5. The van der Waals surface area contributed by atoms with Gasteiger partial charge >= 0.3 is 6.09 Å². The molecule has 0 heterocycles. The Morgan fingerprint density at radius 1 is 1.36 bits per heavy atom. The summed E-state index contributed by atoms with van der Waals surface area (Å²) >= 11 is 0. The number of rotatable bonds is 5. The van der Waals surface area contributed by atoms with Crippen molar-refractivity contribution >= 4 is 6.09 Å². The van der Waals surface area contributed by atoms with Crippen molar-refractivity contribution in [2.24, 2.45) is 0 Å². The third kappa shape index (κ3) is 6.75. The maximum absolute atomic E-state index is 12.8. The Hall–Kier alpha value is -2.55. The van der Waals surface area contributed by atoms with E-state index in [0.29, 0.717) is 17.6 Å². The zero-order chi connectivity index (χ0) is 16.6. The molecule has 1 amide bonds. The van der Waals surface area contributed by atoms with Gasteiger partial charge in [-0.1, -0.05) is 0 Å². The lowest BCUT2D eigenvalue weighted by Crippen LogP contribution is -2.34. The van der Waals surface area contributed by atoms with Crippen molar-refractivity contribution in [3.8, 4) is 11.8 Å². The van der Waals surface area contributed by atoms with Crippen LogP contribution in [-0.2, 0) is 4.74 Å². The van der Waals surface area contributed by atoms with Crippen LogP contribution in [0.1, 0.15) is 26.3 Å². The molecule has 0 spiro atoms. The van der Waals surface area contributed by atoms with Crippen molar-refractivity contribution in [1.82, 2.24) is 5.32 Å². The molecule has 0 atom stereocenters. The van der Waals surface area contributed by atoms with Gasteiger partial charge in [-0.3, -0.25) is 0 Å². The lowest BCUT2D eigenvalue weighted by molar-refractivity contribution is 0.0531. The number of carbonyl (C=O) groups is 1. The van der Waals surface area contributed by atoms with Crippen LogP contribution in [-0.4, -0.2) is 24.8 Å². The van der Waals surface area contributed by atoms with Crippen molar-refractivity contribution in [3.05, 3.63) is 41.7 Å². The maximum Gasteiger partial charge on any atom is 0.407 e. The smallest absolute Gasteiger partial charge is 0.407 e. The fraction of sp³-hybridized carbons (Fsp3) is 0.375. The molecular weight excluding hydrogens is 287 g/mol. The van der Waals surface area contributed by atoms with E-state index in [1.54, 1.807) is 45.0 Å². The molecule has 6 heteroatoms. The number of nitriles is 1. The first-order valence-electron chi connectivity index (χ1n) is 6.72. The van der Waals surface area contributed by atoms with Crippen LogP contribution in [0.3, 0.4) is 0 Å². The highest BCUT2D eigenvalue weighted by molar-refractivity contribution is 5.68. The Morgan fingerprint density at radius 3 is 2.50 bits per heavy atom. The van der Waals surface area contributed by atoms with Gasteiger partial charge < -0.3 is 14.8 Å². The third-order valence-corrected chi connectivity index (χ3v) is 2.42. The average molecular weight is 306 g/mol. The highest BCUT2D eigenvalue weighted by atomic mass is 19.1. The highest BCUT2D eigenvalue weighted by Crippen LogP contribution is 2.13. The molecule has 1 aromatic rings. The largest absolute Gasteiger partial charge is 0.489 e. The summed E-state index contributed by atoms with van der Waals surface area (Å²) in [6.07, 6.45) is -0.230. The molecule has 5 nitrogen and oxygen atoms in total. The fourth-order valence-electron chi connectivity index (χ4n) is 1.42. The summed E-state index contributed by atoms with van der Waals surface area (Å²) in [6.45, 7) is 5.20. The minimum Gasteiger partial charge on any atom is -0.489 e. The van der Waals surface area contributed by atoms with Crippen LogP contribution in [0.2, 0.25) is 0 Å². The van der Waals surface area contributed by atoms with Gasteiger partial charge in [-0.25, -0.2) is 9.18 Å². The Bertz CT molecular complexity index is 569. The number of hydrogen-bond acceptors (Lipinski definition) is 4. The lowest BCUT2D eigenvalue weighted by Gasteiger charge is -2.20. The quantitative estimate of drug-likeness (QED) is 0.906. The number of nitrogens with zero attached hydrogens (tertiary/aromatic N) is 1. The van der Waals surface area contributed by atoms with Gasteiger partial charge in [-0.05, 0) is 45.0 Å². The average Bonchev–Trinajstić information content (AvgIpc) is 2.46. The SMILES string of the molecule is CC(C)(C)OC(=O)NC/C(=C\F)COc1ccc(C#N)cc1. The van der Waals surface area contributed by atoms with Crippen LogP contribution in [0.25, 0.3) is 0 Å². The van der Waals surface area contributed by atoms with Crippen LogP contribution in [0, 0.1) is 11.3 Å². The van der Waals surface area contributed by atoms with Gasteiger partial charge in [-0.15, -0.1) is 0 Å². The molecule has 0 unspecified atom stereocenters. The van der Waals surface area contributed by atoms with E-state index >= 15 is 0 Å². The van der Waals surface area contributed by atoms with Crippen LogP contribution < -0.4 is 10.1 Å². The number of benzene rings is 1. The van der Waals surface area contributed by atoms with Crippen LogP contribution in [0.15, 0.2) is 36.2 Å². The van der Waals surface area contributed by atoms with E-state index in [1.165, 1.54) is 0 Å². The molecule has 118 valence electrons. The number of hydrogen-bond donors (Lipinski definition) is 1. The summed E-state index contributed by atoms with van der Waals surface area (Å²) < 4.78 is 23.2. The molecule has 22 heavy (non-hydrogen) atoms. The van der Waals surface area contributed by atoms with E-state index in [4.69, 9.17) is 14.7 Å². The third-order valence-electron chi connectivity index (χ3n) is 2.42. The molecule has 0 aromatic heterocycles. The first-order chi connectivity index (χ1) is 10.3. The molecule has 0 fully saturated rings. The Labute approximate surface area is 129 Å². The maximum atomic E-state index is 12.8. The zero-order valence-electron chi connectivity index (χ0n) is 12.9. The molecule has 0 bridgehead atoms. The Balaban J connectivity index is 2.42. The summed E-state index contributed by atoms with van der Waals surface area (Å²) in [5.41, 5.74) is 0.165. The van der Waals surface area contributed by atoms with Gasteiger partial charge in [0, 0.05) is 12.1 Å². The minimum atomic E-state index is -0.620. The van der Waals surface area contributed by atoms with E-state index in [2.05, 4.69) is 5.32 Å². The summed E-state index contributed by atoms with van der Waals surface area (Å²) in [5.74, 6) is 0.510. The molecule has 0 aliphatic heterocycles. The second-order valence-electron chi connectivity index (χ2n) is 5.55. The predicted molar refractivity (Wildman–Crippen MR) is 80.1 cm³/mol. The molecular formula is C16H19FN2O3. The second kappa shape index (κ2) is 8.03. The van der Waals surface area contributed by atoms with Gasteiger partial charge in [0.1, 0.15) is 18.0 Å². The van der Waals surface area contributed by atoms with E-state index in [1.807, 2.05) is 6.07 Å². The summed E-state index contributed by atoms with van der Waals surface area (Å²) in [6, 6.07) is 8.44. The van der Waals surface area contributed by atoms with Crippen molar-refractivity contribution < 1.29 is 18.7 Å². The first-order valence-corrected chi connectivity index (χ1v) is 6.72. The van der Waals surface area contributed by atoms with Gasteiger partial charge in [0.2, 0.25) is 0 Å². The molecule has 0 aliphatic carbocycles. The van der Waals surface area contributed by atoms with Crippen LogP contribution in [0.4, 0.5) is 9.18 Å².